The maximum atomic E-state index is 12.3. The van der Waals surface area contributed by atoms with Crippen molar-refractivity contribution in [1.82, 2.24) is 10.2 Å². The lowest BCUT2D eigenvalue weighted by molar-refractivity contribution is 0.124. The van der Waals surface area contributed by atoms with E-state index in [4.69, 9.17) is 4.74 Å². The number of urea groups is 1. The standard InChI is InChI=1S/C14H28N2O2/c1-4-13(5-2)16(10-11-18-3)14(17)15-12-8-6-7-9-12/h12-13H,4-11H2,1-3H3,(H,15,17). The van der Waals surface area contributed by atoms with Crippen LogP contribution in [0.1, 0.15) is 52.4 Å². The van der Waals surface area contributed by atoms with Gasteiger partial charge in [-0.15, -0.1) is 0 Å². The van der Waals surface area contributed by atoms with Crippen molar-refractivity contribution in [2.45, 2.75) is 64.5 Å². The summed E-state index contributed by atoms with van der Waals surface area (Å²) in [6.45, 7) is 5.56. The molecule has 2 amide bonds. The number of nitrogens with zero attached hydrogens (tertiary/aromatic N) is 1. The van der Waals surface area contributed by atoms with E-state index in [0.717, 1.165) is 25.7 Å². The second-order valence-electron chi connectivity index (χ2n) is 5.09. The molecule has 0 saturated heterocycles. The Bertz CT molecular complexity index is 236. The fourth-order valence-electron chi connectivity index (χ4n) is 2.70. The summed E-state index contributed by atoms with van der Waals surface area (Å²) < 4.78 is 5.11. The highest BCUT2D eigenvalue weighted by molar-refractivity contribution is 5.75. The number of ether oxygens (including phenoxy) is 1. The second kappa shape index (κ2) is 8.35. The molecule has 0 aliphatic heterocycles. The summed E-state index contributed by atoms with van der Waals surface area (Å²) in [6.07, 6.45) is 6.75. The van der Waals surface area contributed by atoms with E-state index in [1.54, 1.807) is 7.11 Å². The molecule has 1 N–H and O–H groups in total. The highest BCUT2D eigenvalue weighted by Gasteiger charge is 2.24. The van der Waals surface area contributed by atoms with Gasteiger partial charge in [0.25, 0.3) is 0 Å². The molecule has 0 atom stereocenters. The van der Waals surface area contributed by atoms with Crippen LogP contribution in [0, 0.1) is 0 Å². The zero-order valence-electron chi connectivity index (χ0n) is 12.1. The Balaban J connectivity index is 2.52. The highest BCUT2D eigenvalue weighted by atomic mass is 16.5. The fourth-order valence-corrected chi connectivity index (χ4v) is 2.70. The largest absolute Gasteiger partial charge is 0.383 e. The Hall–Kier alpha value is -0.770. The molecule has 1 aliphatic carbocycles. The molecule has 4 nitrogen and oxygen atoms in total. The van der Waals surface area contributed by atoms with Crippen LogP contribution >= 0.6 is 0 Å². The van der Waals surface area contributed by atoms with E-state index >= 15 is 0 Å². The summed E-state index contributed by atoms with van der Waals surface area (Å²) in [5.74, 6) is 0. The van der Waals surface area contributed by atoms with E-state index < -0.39 is 0 Å². The van der Waals surface area contributed by atoms with Gasteiger partial charge in [-0.3, -0.25) is 0 Å². The molecular weight excluding hydrogens is 228 g/mol. The Morgan fingerprint density at radius 1 is 1.33 bits per heavy atom. The van der Waals surface area contributed by atoms with Crippen molar-refractivity contribution in [1.29, 1.82) is 0 Å². The molecule has 1 saturated carbocycles. The van der Waals surface area contributed by atoms with Crippen molar-refractivity contribution in [3.05, 3.63) is 0 Å². The number of amides is 2. The third-order valence-corrected chi connectivity index (χ3v) is 3.86. The third-order valence-electron chi connectivity index (χ3n) is 3.86. The van der Waals surface area contributed by atoms with E-state index in [-0.39, 0.29) is 6.03 Å². The summed E-state index contributed by atoms with van der Waals surface area (Å²) in [5.41, 5.74) is 0. The van der Waals surface area contributed by atoms with E-state index in [2.05, 4.69) is 19.2 Å². The topological polar surface area (TPSA) is 41.6 Å². The molecule has 0 radical (unpaired) electrons. The first-order chi connectivity index (χ1) is 8.72. The van der Waals surface area contributed by atoms with Crippen LogP contribution in [0.3, 0.4) is 0 Å². The van der Waals surface area contributed by atoms with E-state index in [0.29, 0.717) is 25.2 Å². The minimum atomic E-state index is 0.0904. The highest BCUT2D eigenvalue weighted by Crippen LogP contribution is 2.18. The summed E-state index contributed by atoms with van der Waals surface area (Å²) in [6, 6.07) is 0.797. The second-order valence-corrected chi connectivity index (χ2v) is 5.09. The maximum absolute atomic E-state index is 12.3. The van der Waals surface area contributed by atoms with Gasteiger partial charge in [0.05, 0.1) is 6.61 Å². The molecule has 0 spiro atoms. The number of rotatable bonds is 7. The Morgan fingerprint density at radius 3 is 2.44 bits per heavy atom. The number of carbonyl (C=O) groups is 1. The van der Waals surface area contributed by atoms with Gasteiger partial charge >= 0.3 is 6.03 Å². The van der Waals surface area contributed by atoms with Gasteiger partial charge in [-0.05, 0) is 25.7 Å². The van der Waals surface area contributed by atoms with Gasteiger partial charge in [-0.2, -0.15) is 0 Å². The molecule has 1 fully saturated rings. The minimum absolute atomic E-state index is 0.0904. The molecular formula is C14H28N2O2. The minimum Gasteiger partial charge on any atom is -0.383 e. The Labute approximate surface area is 111 Å². The SMILES string of the molecule is CCC(CC)N(CCOC)C(=O)NC1CCCC1. The van der Waals surface area contributed by atoms with Crippen LogP contribution in [0.15, 0.2) is 0 Å². The van der Waals surface area contributed by atoms with Crippen LogP contribution in [-0.2, 0) is 4.74 Å². The van der Waals surface area contributed by atoms with E-state index in [1.165, 1.54) is 12.8 Å². The van der Waals surface area contributed by atoms with Crippen LogP contribution in [0.5, 0.6) is 0 Å². The van der Waals surface area contributed by atoms with Crippen molar-refractivity contribution >= 4 is 6.03 Å². The average molecular weight is 256 g/mol. The Kier molecular flexibility index (Phi) is 7.09. The molecule has 0 aromatic carbocycles. The van der Waals surface area contributed by atoms with Crippen LogP contribution in [0.25, 0.3) is 0 Å². The zero-order chi connectivity index (χ0) is 13.4. The van der Waals surface area contributed by atoms with E-state index in [9.17, 15) is 4.79 Å². The lowest BCUT2D eigenvalue weighted by Crippen LogP contribution is -2.49. The first-order valence-corrected chi connectivity index (χ1v) is 7.28. The molecule has 1 aliphatic rings. The number of methoxy groups -OCH3 is 1. The molecule has 0 unspecified atom stereocenters. The quantitative estimate of drug-likeness (QED) is 0.761. The predicted molar refractivity (Wildman–Crippen MR) is 73.7 cm³/mol. The van der Waals surface area contributed by atoms with Gasteiger partial charge in [0, 0.05) is 25.7 Å². The van der Waals surface area contributed by atoms with Crippen LogP contribution in [0.4, 0.5) is 4.79 Å². The molecule has 106 valence electrons. The number of hydrogen-bond donors (Lipinski definition) is 1. The average Bonchev–Trinajstić information content (AvgIpc) is 2.87. The first kappa shape index (κ1) is 15.3. The van der Waals surface area contributed by atoms with Gasteiger partial charge in [-0.25, -0.2) is 4.79 Å². The molecule has 0 heterocycles. The first-order valence-electron chi connectivity index (χ1n) is 7.28. The van der Waals surface area contributed by atoms with Crippen molar-refractivity contribution < 1.29 is 9.53 Å². The summed E-state index contributed by atoms with van der Waals surface area (Å²) in [5, 5.41) is 3.17. The molecule has 1 rings (SSSR count). The van der Waals surface area contributed by atoms with Crippen LogP contribution in [0.2, 0.25) is 0 Å². The lowest BCUT2D eigenvalue weighted by Gasteiger charge is -2.31. The molecule has 0 bridgehead atoms. The number of carbonyl (C=O) groups excluding carboxylic acids is 1. The maximum Gasteiger partial charge on any atom is 0.317 e. The molecule has 4 heteroatoms. The summed E-state index contributed by atoms with van der Waals surface area (Å²) in [4.78, 5) is 14.3. The normalized spacial score (nSPS) is 16.2. The lowest BCUT2D eigenvalue weighted by atomic mass is 10.1. The zero-order valence-corrected chi connectivity index (χ0v) is 12.1. The molecule has 0 aromatic heterocycles. The molecule has 0 aromatic rings. The van der Waals surface area contributed by atoms with Gasteiger partial charge in [0.2, 0.25) is 0 Å². The summed E-state index contributed by atoms with van der Waals surface area (Å²) >= 11 is 0. The van der Waals surface area contributed by atoms with Crippen molar-refractivity contribution in [2.24, 2.45) is 0 Å². The van der Waals surface area contributed by atoms with E-state index in [1.807, 2.05) is 4.90 Å². The smallest absolute Gasteiger partial charge is 0.317 e. The molecule has 18 heavy (non-hydrogen) atoms. The third kappa shape index (κ3) is 4.48. The van der Waals surface area contributed by atoms with Gasteiger partial charge < -0.3 is 15.0 Å². The monoisotopic (exact) mass is 256 g/mol. The van der Waals surface area contributed by atoms with Crippen LogP contribution in [-0.4, -0.2) is 43.3 Å². The van der Waals surface area contributed by atoms with Crippen molar-refractivity contribution in [2.75, 3.05) is 20.3 Å². The number of hydrogen-bond acceptors (Lipinski definition) is 2. The van der Waals surface area contributed by atoms with Gasteiger partial charge in [0.15, 0.2) is 0 Å². The Morgan fingerprint density at radius 2 is 1.94 bits per heavy atom. The fraction of sp³-hybridized carbons (Fsp3) is 0.929. The number of nitrogens with one attached hydrogen (secondary N) is 1. The summed E-state index contributed by atoms with van der Waals surface area (Å²) in [7, 11) is 1.68. The van der Waals surface area contributed by atoms with Crippen molar-refractivity contribution in [3.8, 4) is 0 Å². The predicted octanol–water partition coefficient (Wildman–Crippen LogP) is 2.78. The van der Waals surface area contributed by atoms with Crippen molar-refractivity contribution in [3.63, 3.8) is 0 Å². The van der Waals surface area contributed by atoms with Gasteiger partial charge in [-0.1, -0.05) is 26.7 Å². The van der Waals surface area contributed by atoms with Crippen LogP contribution < -0.4 is 5.32 Å². The van der Waals surface area contributed by atoms with Gasteiger partial charge in [0.1, 0.15) is 0 Å².